The molecule has 0 aliphatic carbocycles. The summed E-state index contributed by atoms with van der Waals surface area (Å²) in [6.07, 6.45) is 1.64. The second-order valence-corrected chi connectivity index (χ2v) is 2.75. The Hall–Kier alpha value is -0.540. The van der Waals surface area contributed by atoms with Gasteiger partial charge in [0.25, 0.3) is 0 Å². The molecule has 0 rings (SSSR count). The Morgan fingerprint density at radius 3 is 2.85 bits per heavy atom. The van der Waals surface area contributed by atoms with Gasteiger partial charge in [0.2, 0.25) is 0 Å². The highest BCUT2D eigenvalue weighted by atomic mass is 35.5. The van der Waals surface area contributed by atoms with Crippen LogP contribution in [0.5, 0.6) is 0 Å². The van der Waals surface area contributed by atoms with Crippen LogP contribution in [0.4, 0.5) is 0 Å². The molecule has 1 unspecified atom stereocenters. The third-order valence-electron chi connectivity index (χ3n) is 1.30. The van der Waals surface area contributed by atoms with E-state index >= 15 is 0 Å². The molecule has 0 radical (unpaired) electrons. The number of carbonyl (C=O) groups is 1. The van der Waals surface area contributed by atoms with Gasteiger partial charge in [0.1, 0.15) is 6.10 Å². The summed E-state index contributed by atoms with van der Waals surface area (Å²) in [5.74, 6) is -0.00376. The van der Waals surface area contributed by atoms with E-state index < -0.39 is 0 Å². The lowest BCUT2D eigenvalue weighted by atomic mass is 10.4. The van der Waals surface area contributed by atoms with Crippen LogP contribution in [0, 0.1) is 0 Å². The largest absolute Gasteiger partial charge is 0.459 e. The molecule has 0 saturated heterocycles. The van der Waals surface area contributed by atoms with Crippen molar-refractivity contribution >= 4 is 17.6 Å². The van der Waals surface area contributed by atoms with Crippen molar-refractivity contribution in [2.24, 2.45) is 0 Å². The molecule has 0 spiro atoms. The molecule has 0 N–H and O–H groups in total. The summed E-state index contributed by atoms with van der Waals surface area (Å²) in [6.45, 7) is 5.99. The fourth-order valence-corrected chi connectivity index (χ4v) is 0.814. The van der Waals surface area contributed by atoms with Crippen LogP contribution in [-0.4, -0.2) is 31.2 Å². The minimum absolute atomic E-state index is 0.253. The first kappa shape index (κ1) is 12.5. The van der Waals surface area contributed by atoms with E-state index in [0.29, 0.717) is 19.6 Å². The van der Waals surface area contributed by atoms with Crippen LogP contribution in [0.3, 0.4) is 0 Å². The van der Waals surface area contributed by atoms with E-state index in [1.807, 2.05) is 0 Å². The number of halogens is 1. The van der Waals surface area contributed by atoms with E-state index in [0.717, 1.165) is 0 Å². The first-order valence-corrected chi connectivity index (χ1v) is 4.72. The third kappa shape index (κ3) is 6.61. The fraction of sp³-hybridized carbons (Fsp3) is 0.667. The van der Waals surface area contributed by atoms with Gasteiger partial charge in [-0.05, 0) is 0 Å². The Kier molecular flexibility index (Phi) is 7.74. The van der Waals surface area contributed by atoms with E-state index in [2.05, 4.69) is 6.58 Å². The highest BCUT2D eigenvalue weighted by Gasteiger charge is 2.11. The van der Waals surface area contributed by atoms with Crippen molar-refractivity contribution in [3.8, 4) is 0 Å². The first-order chi connectivity index (χ1) is 6.24. The lowest BCUT2D eigenvalue weighted by Gasteiger charge is -2.14. The van der Waals surface area contributed by atoms with E-state index in [4.69, 9.17) is 21.1 Å². The van der Waals surface area contributed by atoms with Gasteiger partial charge >= 0.3 is 5.97 Å². The monoisotopic (exact) mass is 206 g/mol. The Morgan fingerprint density at radius 1 is 1.69 bits per heavy atom. The van der Waals surface area contributed by atoms with Crippen LogP contribution in [-0.2, 0) is 14.3 Å². The van der Waals surface area contributed by atoms with Gasteiger partial charge in [-0.25, -0.2) is 0 Å². The number of hydrogen-bond acceptors (Lipinski definition) is 3. The zero-order valence-electron chi connectivity index (χ0n) is 7.79. The van der Waals surface area contributed by atoms with Gasteiger partial charge in [-0.3, -0.25) is 4.79 Å². The molecule has 0 aromatic carbocycles. The lowest BCUT2D eigenvalue weighted by molar-refractivity contribution is -0.150. The van der Waals surface area contributed by atoms with Crippen molar-refractivity contribution in [2.75, 3.05) is 19.1 Å². The van der Waals surface area contributed by atoms with Crippen molar-refractivity contribution < 1.29 is 14.3 Å². The predicted octanol–water partition coefficient (Wildman–Crippen LogP) is 1.75. The standard InChI is InChI=1S/C9H15ClO3/c1-3-5-12-7-8(6-10)13-9(11)4-2/h3,8H,1,4-7H2,2H3. The molecule has 0 aliphatic heterocycles. The Balaban J connectivity index is 3.62. The van der Waals surface area contributed by atoms with E-state index in [1.165, 1.54) is 0 Å². The van der Waals surface area contributed by atoms with Crippen LogP contribution in [0.15, 0.2) is 12.7 Å². The number of carbonyl (C=O) groups excluding carboxylic acids is 1. The maximum atomic E-state index is 10.9. The van der Waals surface area contributed by atoms with Gasteiger partial charge in [-0.1, -0.05) is 13.0 Å². The quantitative estimate of drug-likeness (QED) is 0.276. The van der Waals surface area contributed by atoms with Gasteiger partial charge < -0.3 is 9.47 Å². The molecule has 1 atom stereocenters. The molecule has 4 heteroatoms. The summed E-state index contributed by atoms with van der Waals surface area (Å²) in [4.78, 5) is 10.9. The number of rotatable bonds is 7. The first-order valence-electron chi connectivity index (χ1n) is 4.18. The average molecular weight is 207 g/mol. The normalized spacial score (nSPS) is 12.2. The molecule has 0 aromatic heterocycles. The number of esters is 1. The fourth-order valence-electron chi connectivity index (χ4n) is 0.662. The molecule has 0 aliphatic rings. The smallest absolute Gasteiger partial charge is 0.305 e. The van der Waals surface area contributed by atoms with Crippen molar-refractivity contribution in [3.05, 3.63) is 12.7 Å². The van der Waals surface area contributed by atoms with Crippen LogP contribution in [0.25, 0.3) is 0 Å². The summed E-state index contributed by atoms with van der Waals surface area (Å²) in [5, 5.41) is 0. The summed E-state index contributed by atoms with van der Waals surface area (Å²) >= 11 is 5.56. The number of alkyl halides is 1. The Bertz CT molecular complexity index is 159. The van der Waals surface area contributed by atoms with Crippen molar-refractivity contribution in [3.63, 3.8) is 0 Å². The van der Waals surface area contributed by atoms with Gasteiger partial charge in [-0.15, -0.1) is 18.2 Å². The molecule has 0 saturated carbocycles. The highest BCUT2D eigenvalue weighted by molar-refractivity contribution is 6.18. The molecule has 76 valence electrons. The van der Waals surface area contributed by atoms with E-state index in [1.54, 1.807) is 13.0 Å². The van der Waals surface area contributed by atoms with Crippen molar-refractivity contribution in [2.45, 2.75) is 19.4 Å². The SMILES string of the molecule is C=CCOCC(CCl)OC(=O)CC. The summed E-state index contributed by atoms with van der Waals surface area (Å²) in [7, 11) is 0. The van der Waals surface area contributed by atoms with Crippen molar-refractivity contribution in [1.29, 1.82) is 0 Å². The number of hydrogen-bond donors (Lipinski definition) is 0. The molecule has 0 bridgehead atoms. The predicted molar refractivity (Wildman–Crippen MR) is 51.9 cm³/mol. The van der Waals surface area contributed by atoms with Gasteiger partial charge in [0.15, 0.2) is 0 Å². The van der Waals surface area contributed by atoms with Crippen LogP contribution in [0.1, 0.15) is 13.3 Å². The highest BCUT2D eigenvalue weighted by Crippen LogP contribution is 1.99. The summed E-state index contributed by atoms with van der Waals surface area (Å²) < 4.78 is 10.1. The minimum atomic E-state index is -0.353. The summed E-state index contributed by atoms with van der Waals surface area (Å²) in [5.41, 5.74) is 0. The van der Waals surface area contributed by atoms with Gasteiger partial charge in [0, 0.05) is 6.42 Å². The van der Waals surface area contributed by atoms with Gasteiger partial charge in [-0.2, -0.15) is 0 Å². The van der Waals surface area contributed by atoms with Crippen LogP contribution >= 0.6 is 11.6 Å². The lowest BCUT2D eigenvalue weighted by Crippen LogP contribution is -2.24. The Labute approximate surface area is 83.7 Å². The third-order valence-corrected chi connectivity index (χ3v) is 1.64. The molecule has 0 heterocycles. The minimum Gasteiger partial charge on any atom is -0.459 e. The summed E-state index contributed by atoms with van der Waals surface area (Å²) in [6, 6.07) is 0. The second-order valence-electron chi connectivity index (χ2n) is 2.45. The van der Waals surface area contributed by atoms with Crippen LogP contribution < -0.4 is 0 Å². The molecule has 0 fully saturated rings. The van der Waals surface area contributed by atoms with Crippen LogP contribution in [0.2, 0.25) is 0 Å². The molecular formula is C9H15ClO3. The maximum Gasteiger partial charge on any atom is 0.305 e. The molecule has 13 heavy (non-hydrogen) atoms. The number of ether oxygens (including phenoxy) is 2. The average Bonchev–Trinajstić information content (AvgIpc) is 2.16. The maximum absolute atomic E-state index is 10.9. The second kappa shape index (κ2) is 8.08. The molecule has 0 amide bonds. The molecular weight excluding hydrogens is 192 g/mol. The van der Waals surface area contributed by atoms with Gasteiger partial charge in [0.05, 0.1) is 19.1 Å². The zero-order chi connectivity index (χ0) is 10.1. The Morgan fingerprint density at radius 2 is 2.38 bits per heavy atom. The van der Waals surface area contributed by atoms with Crippen molar-refractivity contribution in [1.82, 2.24) is 0 Å². The van der Waals surface area contributed by atoms with E-state index in [-0.39, 0.29) is 18.0 Å². The molecule has 0 aromatic rings. The molecule has 3 nitrogen and oxygen atoms in total. The topological polar surface area (TPSA) is 35.5 Å². The van der Waals surface area contributed by atoms with E-state index in [9.17, 15) is 4.79 Å². The zero-order valence-corrected chi connectivity index (χ0v) is 8.55.